The number of thiophene rings is 1. The Balaban J connectivity index is 2.42. The molecule has 0 fully saturated rings. The van der Waals surface area contributed by atoms with Crippen molar-refractivity contribution < 1.29 is 35.9 Å². The van der Waals surface area contributed by atoms with Gasteiger partial charge in [-0.3, -0.25) is 4.79 Å². The molecule has 0 aliphatic carbocycles. The molecule has 24 heavy (non-hydrogen) atoms. The van der Waals surface area contributed by atoms with Gasteiger partial charge in [-0.05, 0) is 24.3 Å². The fraction of sp³-hybridized carbons (Fsp3) is 0.154. The van der Waals surface area contributed by atoms with Crippen LogP contribution in [0.5, 0.6) is 0 Å². The standard InChI is InChI=1S/C13H9F4NO4S2/c14-7-2-1-6(12(15)11(7)13(16)17)8-3-4-10(23-8)24(21,22)18-5-9(19)20/h1-4,13,18H,5H2,(H,19,20). The molecule has 0 bridgehead atoms. The Bertz CT molecular complexity index is 880. The van der Waals surface area contributed by atoms with Crippen LogP contribution in [-0.2, 0) is 14.8 Å². The van der Waals surface area contributed by atoms with Gasteiger partial charge in [0.1, 0.15) is 22.4 Å². The second-order valence-corrected chi connectivity index (χ2v) is 7.54. The van der Waals surface area contributed by atoms with Gasteiger partial charge in [-0.1, -0.05) is 0 Å². The summed E-state index contributed by atoms with van der Waals surface area (Å²) in [5.74, 6) is -4.28. The lowest BCUT2D eigenvalue weighted by molar-refractivity contribution is -0.135. The number of alkyl halides is 2. The van der Waals surface area contributed by atoms with Gasteiger partial charge in [0, 0.05) is 10.4 Å². The molecule has 0 spiro atoms. The minimum absolute atomic E-state index is 0.0231. The maximum Gasteiger partial charge on any atom is 0.318 e. The summed E-state index contributed by atoms with van der Waals surface area (Å²) >= 11 is 0.534. The van der Waals surface area contributed by atoms with Gasteiger partial charge in [0.2, 0.25) is 0 Å². The molecule has 1 heterocycles. The molecular formula is C13H9F4NO4S2. The van der Waals surface area contributed by atoms with Crippen LogP contribution >= 0.6 is 11.3 Å². The van der Waals surface area contributed by atoms with Crippen LogP contribution in [0.15, 0.2) is 28.5 Å². The van der Waals surface area contributed by atoms with Gasteiger partial charge in [0.25, 0.3) is 16.4 Å². The molecule has 0 radical (unpaired) electrons. The van der Waals surface area contributed by atoms with E-state index in [0.29, 0.717) is 17.4 Å². The predicted molar refractivity (Wildman–Crippen MR) is 77.5 cm³/mol. The average molecular weight is 383 g/mol. The van der Waals surface area contributed by atoms with Crippen LogP contribution in [0.2, 0.25) is 0 Å². The quantitative estimate of drug-likeness (QED) is 0.752. The van der Waals surface area contributed by atoms with E-state index in [9.17, 15) is 30.8 Å². The van der Waals surface area contributed by atoms with Crippen LogP contribution in [0, 0.1) is 11.6 Å². The Hall–Kier alpha value is -1.98. The van der Waals surface area contributed by atoms with E-state index in [4.69, 9.17) is 5.11 Å². The molecule has 2 aromatic rings. The molecule has 130 valence electrons. The van der Waals surface area contributed by atoms with E-state index in [1.807, 2.05) is 0 Å². The summed E-state index contributed by atoms with van der Waals surface area (Å²) in [6.07, 6.45) is -3.37. The highest BCUT2D eigenvalue weighted by Crippen LogP contribution is 2.36. The molecule has 0 unspecified atom stereocenters. The number of carbonyl (C=O) groups is 1. The maximum atomic E-state index is 14.1. The summed E-state index contributed by atoms with van der Waals surface area (Å²) in [5.41, 5.74) is -1.77. The molecule has 0 atom stereocenters. The number of hydrogen-bond acceptors (Lipinski definition) is 4. The van der Waals surface area contributed by atoms with Crippen LogP contribution in [0.4, 0.5) is 17.6 Å². The van der Waals surface area contributed by atoms with Gasteiger partial charge >= 0.3 is 5.97 Å². The van der Waals surface area contributed by atoms with Crippen LogP contribution in [0.3, 0.4) is 0 Å². The van der Waals surface area contributed by atoms with Gasteiger partial charge in [0.05, 0.1) is 5.56 Å². The van der Waals surface area contributed by atoms with E-state index >= 15 is 0 Å². The number of nitrogens with one attached hydrogen (secondary N) is 1. The van der Waals surface area contributed by atoms with Crippen molar-refractivity contribution in [2.75, 3.05) is 6.54 Å². The highest BCUT2D eigenvalue weighted by atomic mass is 32.2. The SMILES string of the molecule is O=C(O)CNS(=O)(=O)c1ccc(-c2ccc(F)c(C(F)F)c2F)s1. The monoisotopic (exact) mass is 383 g/mol. The van der Waals surface area contributed by atoms with E-state index in [0.717, 1.165) is 18.2 Å². The Labute approximate surface area is 137 Å². The van der Waals surface area contributed by atoms with Crippen LogP contribution in [-0.4, -0.2) is 26.0 Å². The average Bonchev–Trinajstić information content (AvgIpc) is 2.95. The molecule has 0 aliphatic rings. The summed E-state index contributed by atoms with van der Waals surface area (Å²) in [7, 11) is -4.15. The molecule has 5 nitrogen and oxygen atoms in total. The third-order valence-corrected chi connectivity index (χ3v) is 5.88. The number of aliphatic carboxylic acids is 1. The fourth-order valence-electron chi connectivity index (χ4n) is 1.80. The molecule has 0 amide bonds. The third-order valence-electron chi connectivity index (χ3n) is 2.87. The lowest BCUT2D eigenvalue weighted by Gasteiger charge is -2.07. The third kappa shape index (κ3) is 3.74. The molecule has 0 saturated carbocycles. The summed E-state index contributed by atoms with van der Waals surface area (Å²) < 4.78 is 78.0. The zero-order chi connectivity index (χ0) is 18.1. The van der Waals surface area contributed by atoms with E-state index in [-0.39, 0.29) is 14.6 Å². The van der Waals surface area contributed by atoms with Gasteiger partial charge in [0.15, 0.2) is 0 Å². The zero-order valence-electron chi connectivity index (χ0n) is 11.6. The Kier molecular flexibility index (Phi) is 5.26. The van der Waals surface area contributed by atoms with E-state index in [1.165, 1.54) is 0 Å². The first kappa shape index (κ1) is 18.4. The van der Waals surface area contributed by atoms with Crippen molar-refractivity contribution in [3.8, 4) is 10.4 Å². The van der Waals surface area contributed by atoms with Gasteiger partial charge < -0.3 is 5.11 Å². The summed E-state index contributed by atoms with van der Waals surface area (Å²) in [5, 5.41) is 8.47. The Morgan fingerprint density at radius 3 is 2.46 bits per heavy atom. The van der Waals surface area contributed by atoms with Crippen LogP contribution in [0.1, 0.15) is 12.0 Å². The predicted octanol–water partition coefficient (Wildman–Crippen LogP) is 2.99. The van der Waals surface area contributed by atoms with Gasteiger partial charge in [-0.25, -0.2) is 26.0 Å². The summed E-state index contributed by atoms with van der Waals surface area (Å²) in [4.78, 5) is 10.4. The Morgan fingerprint density at radius 1 is 1.21 bits per heavy atom. The number of hydrogen-bond donors (Lipinski definition) is 2. The summed E-state index contributed by atoms with van der Waals surface area (Å²) in [6.45, 7) is -0.851. The second-order valence-electron chi connectivity index (χ2n) is 4.46. The van der Waals surface area contributed by atoms with Crippen molar-refractivity contribution in [2.24, 2.45) is 0 Å². The first-order valence-electron chi connectivity index (χ1n) is 6.21. The van der Waals surface area contributed by atoms with Crippen molar-refractivity contribution in [2.45, 2.75) is 10.6 Å². The Morgan fingerprint density at radius 2 is 1.88 bits per heavy atom. The molecular weight excluding hydrogens is 374 g/mol. The molecule has 2 rings (SSSR count). The van der Waals surface area contributed by atoms with Gasteiger partial charge in [-0.2, -0.15) is 4.72 Å². The van der Waals surface area contributed by atoms with Crippen LogP contribution < -0.4 is 4.72 Å². The van der Waals surface area contributed by atoms with Crippen molar-refractivity contribution in [3.05, 3.63) is 41.5 Å². The van der Waals surface area contributed by atoms with Crippen molar-refractivity contribution in [3.63, 3.8) is 0 Å². The number of rotatable bonds is 6. The smallest absolute Gasteiger partial charge is 0.318 e. The number of carboxylic acid groups (broad SMARTS) is 1. The molecule has 0 aliphatic heterocycles. The first-order valence-corrected chi connectivity index (χ1v) is 8.51. The number of sulfonamides is 1. The summed E-state index contributed by atoms with van der Waals surface area (Å²) in [6, 6.07) is 3.81. The van der Waals surface area contributed by atoms with Crippen molar-refractivity contribution >= 4 is 27.3 Å². The topological polar surface area (TPSA) is 83.5 Å². The fourth-order valence-corrected chi connectivity index (χ4v) is 4.14. The minimum atomic E-state index is -4.15. The first-order chi connectivity index (χ1) is 11.1. The zero-order valence-corrected chi connectivity index (χ0v) is 13.2. The molecule has 1 aromatic heterocycles. The molecule has 0 saturated heterocycles. The molecule has 2 N–H and O–H groups in total. The number of carboxylic acids is 1. The van der Waals surface area contributed by atoms with Crippen molar-refractivity contribution in [1.29, 1.82) is 0 Å². The normalized spacial score (nSPS) is 11.9. The maximum absolute atomic E-state index is 14.1. The second kappa shape index (κ2) is 6.87. The lowest BCUT2D eigenvalue weighted by Crippen LogP contribution is -2.28. The van der Waals surface area contributed by atoms with Crippen molar-refractivity contribution in [1.82, 2.24) is 4.72 Å². The highest BCUT2D eigenvalue weighted by Gasteiger charge is 2.24. The number of benzene rings is 1. The van der Waals surface area contributed by atoms with E-state index in [2.05, 4.69) is 0 Å². The molecule has 11 heteroatoms. The van der Waals surface area contributed by atoms with Crippen LogP contribution in [0.25, 0.3) is 10.4 Å². The van der Waals surface area contributed by atoms with Gasteiger partial charge in [-0.15, -0.1) is 11.3 Å². The van der Waals surface area contributed by atoms with E-state index < -0.39 is 46.2 Å². The lowest BCUT2D eigenvalue weighted by atomic mass is 10.1. The largest absolute Gasteiger partial charge is 0.480 e. The van der Waals surface area contributed by atoms with E-state index in [1.54, 1.807) is 4.72 Å². The minimum Gasteiger partial charge on any atom is -0.480 e. The highest BCUT2D eigenvalue weighted by molar-refractivity contribution is 7.91. The molecule has 1 aromatic carbocycles. The number of halogens is 4.